The molecule has 5 atom stereocenters. The number of carbonyl (C=O) groups is 1. The number of para-hydroxylation sites is 1. The molecule has 0 radical (unpaired) electrons. The maximum absolute atomic E-state index is 13.7. The number of hydrogen-bond donors (Lipinski definition) is 1. The van der Waals surface area contributed by atoms with Crippen molar-refractivity contribution >= 4 is 11.6 Å². The number of benzene rings is 1. The number of anilines is 1. The van der Waals surface area contributed by atoms with E-state index in [0.717, 1.165) is 23.4 Å². The van der Waals surface area contributed by atoms with Crippen LogP contribution in [0.15, 0.2) is 35.9 Å². The van der Waals surface area contributed by atoms with Crippen LogP contribution in [0, 0.1) is 5.92 Å². The summed E-state index contributed by atoms with van der Waals surface area (Å²) in [6, 6.07) is 7.89. The summed E-state index contributed by atoms with van der Waals surface area (Å²) >= 11 is 0. The third-order valence-corrected chi connectivity index (χ3v) is 7.37. The monoisotopic (exact) mass is 370 g/mol. The van der Waals surface area contributed by atoms with Crippen LogP contribution in [0.3, 0.4) is 0 Å². The number of fused-ring (bicyclic) bond motifs is 2. The number of amides is 1. The molecule has 1 N–H and O–H groups in total. The van der Waals surface area contributed by atoms with Crippen LogP contribution in [0.5, 0.6) is 0 Å². The summed E-state index contributed by atoms with van der Waals surface area (Å²) in [6.45, 7) is 3.18. The van der Waals surface area contributed by atoms with Gasteiger partial charge in [-0.2, -0.15) is 5.06 Å². The Morgan fingerprint density at radius 3 is 2.85 bits per heavy atom. The molecule has 1 aliphatic carbocycles. The van der Waals surface area contributed by atoms with E-state index in [4.69, 9.17) is 9.57 Å². The summed E-state index contributed by atoms with van der Waals surface area (Å²) in [7, 11) is 3.61. The molecule has 4 fully saturated rings. The minimum absolute atomic E-state index is 0.0327. The highest BCUT2D eigenvalue weighted by molar-refractivity contribution is 6.07. The van der Waals surface area contributed by atoms with Crippen molar-refractivity contribution in [1.29, 1.82) is 0 Å². The quantitative estimate of drug-likeness (QED) is 0.762. The number of likely N-dealkylation sites (N-methyl/N-ethyl adjacent to an activating group) is 1. The molecule has 1 aromatic carbocycles. The van der Waals surface area contributed by atoms with Crippen molar-refractivity contribution < 1.29 is 19.5 Å². The van der Waals surface area contributed by atoms with Crippen molar-refractivity contribution in [2.75, 3.05) is 32.4 Å². The lowest BCUT2D eigenvalue weighted by Gasteiger charge is -2.51. The average molecular weight is 370 g/mol. The fourth-order valence-corrected chi connectivity index (χ4v) is 6.02. The smallest absolute Gasteiger partial charge is 0.264 e. The topological polar surface area (TPSA) is 62.2 Å². The number of ether oxygens (including phenoxy) is 1. The molecule has 1 spiro atoms. The van der Waals surface area contributed by atoms with Crippen LogP contribution in [0.2, 0.25) is 0 Å². The maximum atomic E-state index is 13.7. The molecule has 4 bridgehead atoms. The van der Waals surface area contributed by atoms with Crippen molar-refractivity contribution in [2.45, 2.75) is 42.9 Å². The highest BCUT2D eigenvalue weighted by atomic mass is 16.7. The first-order chi connectivity index (χ1) is 13.0. The van der Waals surface area contributed by atoms with E-state index in [2.05, 4.69) is 11.9 Å². The molecule has 6 nitrogen and oxygen atoms in total. The van der Waals surface area contributed by atoms with E-state index in [9.17, 15) is 9.90 Å². The molecule has 3 saturated heterocycles. The summed E-state index contributed by atoms with van der Waals surface area (Å²) in [4.78, 5) is 21.4. The molecular weight excluding hydrogens is 344 g/mol. The van der Waals surface area contributed by atoms with Gasteiger partial charge in [0.25, 0.3) is 5.91 Å². The number of rotatable bonds is 1. The number of carbonyl (C=O) groups excluding carboxylic acids is 1. The van der Waals surface area contributed by atoms with Crippen molar-refractivity contribution in [3.05, 3.63) is 41.5 Å². The Morgan fingerprint density at radius 1 is 1.33 bits per heavy atom. The minimum atomic E-state index is -0.909. The van der Waals surface area contributed by atoms with E-state index in [1.807, 2.05) is 37.3 Å². The van der Waals surface area contributed by atoms with Gasteiger partial charge < -0.3 is 9.84 Å². The number of allylic oxidation sites excluding steroid dienone is 1. The predicted octanol–water partition coefficient (Wildman–Crippen LogP) is 1.63. The van der Waals surface area contributed by atoms with Gasteiger partial charge in [0.05, 0.1) is 31.1 Å². The van der Waals surface area contributed by atoms with Gasteiger partial charge in [-0.05, 0) is 37.6 Å². The maximum Gasteiger partial charge on any atom is 0.264 e. The Bertz CT molecular complexity index is 839. The first kappa shape index (κ1) is 17.4. The van der Waals surface area contributed by atoms with Gasteiger partial charge in [-0.3, -0.25) is 14.5 Å². The highest BCUT2D eigenvalue weighted by Gasteiger charge is 2.67. The standard InChI is InChI=1S/C21H26N2O4/c1-4-13-11-22(2)17-9-20(18-10-21(13,25)15(17)12-27-18)14-7-5-6-8-16(14)23(26-3)19(20)24/h4-8,15,17-18,25H,9-12H2,1-3H3/b13-4-/t15-,17+,18-,20+,21+/m1/s1. The Labute approximate surface area is 159 Å². The third kappa shape index (κ3) is 1.96. The Balaban J connectivity index is 1.73. The molecular formula is C21H26N2O4. The van der Waals surface area contributed by atoms with E-state index in [1.54, 1.807) is 0 Å². The fraction of sp³-hybridized carbons (Fsp3) is 0.571. The fourth-order valence-electron chi connectivity index (χ4n) is 6.02. The normalized spacial score (nSPS) is 42.1. The molecule has 1 aromatic rings. The van der Waals surface area contributed by atoms with Gasteiger partial charge in [0, 0.05) is 24.9 Å². The van der Waals surface area contributed by atoms with Gasteiger partial charge in [0.1, 0.15) is 5.41 Å². The van der Waals surface area contributed by atoms with Gasteiger partial charge in [0.15, 0.2) is 0 Å². The molecule has 6 rings (SSSR count). The molecule has 1 amide bonds. The largest absolute Gasteiger partial charge is 0.385 e. The van der Waals surface area contributed by atoms with Crippen LogP contribution in [-0.2, 0) is 19.8 Å². The summed E-state index contributed by atoms with van der Waals surface area (Å²) in [6.07, 6.45) is 2.73. The summed E-state index contributed by atoms with van der Waals surface area (Å²) in [5.41, 5.74) is 1.05. The van der Waals surface area contributed by atoms with Crippen molar-refractivity contribution in [2.24, 2.45) is 5.92 Å². The zero-order chi connectivity index (χ0) is 19.0. The van der Waals surface area contributed by atoms with Crippen LogP contribution in [0.1, 0.15) is 25.3 Å². The van der Waals surface area contributed by atoms with Crippen LogP contribution < -0.4 is 5.06 Å². The first-order valence-corrected chi connectivity index (χ1v) is 9.65. The molecule has 144 valence electrons. The number of likely N-dealkylation sites (tertiary alicyclic amines) is 1. The number of piperidine rings is 1. The van der Waals surface area contributed by atoms with Crippen LogP contribution in [0.4, 0.5) is 5.69 Å². The minimum Gasteiger partial charge on any atom is -0.385 e. The number of aliphatic hydroxyl groups is 1. The lowest BCUT2D eigenvalue weighted by atomic mass is 9.70. The molecule has 4 heterocycles. The Kier molecular flexibility index (Phi) is 3.63. The molecule has 0 aromatic heterocycles. The summed E-state index contributed by atoms with van der Waals surface area (Å²) < 4.78 is 6.29. The van der Waals surface area contributed by atoms with Gasteiger partial charge in [-0.15, -0.1) is 0 Å². The highest BCUT2D eigenvalue weighted by Crippen LogP contribution is 2.58. The molecule has 27 heavy (non-hydrogen) atoms. The summed E-state index contributed by atoms with van der Waals surface area (Å²) in [5, 5.41) is 13.1. The van der Waals surface area contributed by atoms with E-state index in [0.29, 0.717) is 19.4 Å². The number of hydrogen-bond acceptors (Lipinski definition) is 5. The number of hydroxylamine groups is 1. The van der Waals surface area contributed by atoms with Gasteiger partial charge in [-0.1, -0.05) is 24.3 Å². The SMILES string of the molecule is C/C=C1/CN(C)[C@H]2C[C@@]3(C(=O)N(OC)c4ccccc43)[C@H]3C[C@@]1(O)[C@@H]2CO3. The lowest BCUT2D eigenvalue weighted by molar-refractivity contribution is -0.157. The van der Waals surface area contributed by atoms with E-state index < -0.39 is 11.0 Å². The van der Waals surface area contributed by atoms with Crippen LogP contribution >= 0.6 is 0 Å². The van der Waals surface area contributed by atoms with E-state index in [1.165, 1.54) is 12.2 Å². The predicted molar refractivity (Wildman–Crippen MR) is 100 cm³/mol. The van der Waals surface area contributed by atoms with E-state index >= 15 is 0 Å². The van der Waals surface area contributed by atoms with E-state index in [-0.39, 0.29) is 24.0 Å². The Hall–Kier alpha value is -1.73. The molecule has 0 unspecified atom stereocenters. The van der Waals surface area contributed by atoms with Crippen molar-refractivity contribution in [3.63, 3.8) is 0 Å². The van der Waals surface area contributed by atoms with Gasteiger partial charge in [0.2, 0.25) is 0 Å². The second-order valence-corrected chi connectivity index (χ2v) is 8.33. The number of nitrogens with zero attached hydrogens (tertiary/aromatic N) is 2. The van der Waals surface area contributed by atoms with Crippen molar-refractivity contribution in [1.82, 2.24) is 4.90 Å². The Morgan fingerprint density at radius 2 is 2.11 bits per heavy atom. The average Bonchev–Trinajstić information content (AvgIpc) is 2.77. The lowest BCUT2D eigenvalue weighted by Crippen LogP contribution is -2.61. The van der Waals surface area contributed by atoms with Crippen LogP contribution in [0.25, 0.3) is 0 Å². The van der Waals surface area contributed by atoms with Gasteiger partial charge >= 0.3 is 0 Å². The molecule has 5 aliphatic rings. The van der Waals surface area contributed by atoms with Gasteiger partial charge in [-0.25, -0.2) is 0 Å². The van der Waals surface area contributed by atoms with Crippen molar-refractivity contribution in [3.8, 4) is 0 Å². The second kappa shape index (κ2) is 5.64. The first-order valence-electron chi connectivity index (χ1n) is 9.65. The zero-order valence-corrected chi connectivity index (χ0v) is 16.0. The zero-order valence-electron chi connectivity index (χ0n) is 16.0. The third-order valence-electron chi connectivity index (χ3n) is 7.37. The molecule has 6 heteroatoms. The van der Waals surface area contributed by atoms with Crippen LogP contribution in [-0.4, -0.2) is 61.0 Å². The molecule has 1 saturated carbocycles. The molecule has 4 aliphatic heterocycles. The second-order valence-electron chi connectivity index (χ2n) is 8.33. The summed E-state index contributed by atoms with van der Waals surface area (Å²) in [5.74, 6) is -0.113.